The van der Waals surface area contributed by atoms with Crippen LogP contribution in [0.3, 0.4) is 0 Å². The quantitative estimate of drug-likeness (QED) is 0.354. The van der Waals surface area contributed by atoms with Crippen LogP contribution in [0, 0.1) is 10.1 Å². The molecule has 2 aromatic rings. The Bertz CT molecular complexity index is 720. The molecule has 114 valence electrons. The van der Waals surface area contributed by atoms with E-state index in [1.54, 1.807) is 29.8 Å². The van der Waals surface area contributed by atoms with E-state index in [1.165, 1.54) is 18.2 Å². The number of carbonyl (C=O) groups excluding carboxylic acids is 2. The number of benzene rings is 1. The van der Waals surface area contributed by atoms with Crippen molar-refractivity contribution >= 4 is 17.9 Å². The molecular formula is C15H14N2O5. The van der Waals surface area contributed by atoms with Crippen molar-refractivity contribution in [1.29, 1.82) is 0 Å². The highest BCUT2D eigenvalue weighted by Gasteiger charge is 2.18. The maximum absolute atomic E-state index is 11.7. The third-order valence-electron chi connectivity index (χ3n) is 3.11. The minimum absolute atomic E-state index is 0.112. The van der Waals surface area contributed by atoms with Crippen molar-refractivity contribution in [2.24, 2.45) is 0 Å². The molecule has 0 atom stereocenters. The Morgan fingerprint density at radius 3 is 2.82 bits per heavy atom. The summed E-state index contributed by atoms with van der Waals surface area (Å²) in [4.78, 5) is 33.3. The van der Waals surface area contributed by atoms with Crippen molar-refractivity contribution in [1.82, 2.24) is 4.57 Å². The second-order valence-corrected chi connectivity index (χ2v) is 4.50. The Kier molecular flexibility index (Phi) is 4.67. The molecule has 0 bridgehead atoms. The Balaban J connectivity index is 2.42. The van der Waals surface area contributed by atoms with Gasteiger partial charge in [-0.3, -0.25) is 14.9 Å². The van der Waals surface area contributed by atoms with E-state index in [2.05, 4.69) is 0 Å². The highest BCUT2D eigenvalue weighted by molar-refractivity contribution is 5.90. The van der Waals surface area contributed by atoms with Gasteiger partial charge >= 0.3 is 5.97 Å². The number of ether oxygens (including phenoxy) is 1. The summed E-state index contributed by atoms with van der Waals surface area (Å²) in [5, 5.41) is 11.1. The second-order valence-electron chi connectivity index (χ2n) is 4.50. The largest absolute Gasteiger partial charge is 0.462 e. The number of nitro groups is 1. The minimum atomic E-state index is -0.540. The van der Waals surface area contributed by atoms with Crippen LogP contribution < -0.4 is 0 Å². The molecular weight excluding hydrogens is 288 g/mol. The van der Waals surface area contributed by atoms with E-state index < -0.39 is 10.9 Å². The lowest BCUT2D eigenvalue weighted by Gasteiger charge is -2.08. The van der Waals surface area contributed by atoms with Gasteiger partial charge in [0.2, 0.25) is 0 Å². The number of aldehydes is 1. The van der Waals surface area contributed by atoms with Gasteiger partial charge in [-0.25, -0.2) is 4.79 Å². The fraction of sp³-hybridized carbons (Fsp3) is 0.200. The smallest absolute Gasteiger partial charge is 0.338 e. The molecule has 0 unspecified atom stereocenters. The molecule has 1 aromatic carbocycles. The van der Waals surface area contributed by atoms with E-state index in [-0.39, 0.29) is 24.4 Å². The maximum Gasteiger partial charge on any atom is 0.338 e. The summed E-state index contributed by atoms with van der Waals surface area (Å²) in [6, 6.07) is 7.32. The summed E-state index contributed by atoms with van der Waals surface area (Å²) < 4.78 is 6.47. The van der Waals surface area contributed by atoms with Crippen molar-refractivity contribution in [2.75, 3.05) is 6.61 Å². The number of rotatable bonds is 6. The number of hydrogen-bond acceptors (Lipinski definition) is 5. The number of hydrogen-bond donors (Lipinski definition) is 0. The van der Waals surface area contributed by atoms with Gasteiger partial charge in [-0.15, -0.1) is 0 Å². The highest BCUT2D eigenvalue weighted by atomic mass is 16.6. The van der Waals surface area contributed by atoms with Crippen LogP contribution >= 0.6 is 0 Å². The second kappa shape index (κ2) is 6.66. The lowest BCUT2D eigenvalue weighted by molar-refractivity contribution is -0.385. The number of esters is 1. The van der Waals surface area contributed by atoms with E-state index in [9.17, 15) is 19.7 Å². The van der Waals surface area contributed by atoms with Crippen molar-refractivity contribution in [3.05, 3.63) is 63.5 Å². The van der Waals surface area contributed by atoms with Crippen LogP contribution in [0.25, 0.3) is 0 Å². The molecule has 1 aromatic heterocycles. The summed E-state index contributed by atoms with van der Waals surface area (Å²) in [6.45, 7) is 2.02. The molecule has 0 aliphatic heterocycles. The number of carbonyl (C=O) groups is 2. The SMILES string of the molecule is CCOC(=O)c1ccc([N+](=O)[O-])c(Cn2cccc2C=O)c1. The van der Waals surface area contributed by atoms with Gasteiger partial charge in [0, 0.05) is 12.3 Å². The molecule has 0 aliphatic rings. The van der Waals surface area contributed by atoms with E-state index in [0.717, 1.165) is 0 Å². The summed E-state index contributed by atoms with van der Waals surface area (Å²) in [7, 11) is 0. The predicted octanol–water partition coefficient (Wildman–Crippen LogP) is 2.43. The third-order valence-corrected chi connectivity index (χ3v) is 3.11. The average Bonchev–Trinajstić information content (AvgIpc) is 2.94. The molecule has 0 aliphatic carbocycles. The first-order valence-electron chi connectivity index (χ1n) is 6.61. The highest BCUT2D eigenvalue weighted by Crippen LogP contribution is 2.22. The van der Waals surface area contributed by atoms with Crippen LogP contribution in [-0.4, -0.2) is 28.4 Å². The zero-order valence-electron chi connectivity index (χ0n) is 11.9. The van der Waals surface area contributed by atoms with Crippen LogP contribution in [0.4, 0.5) is 5.69 Å². The van der Waals surface area contributed by atoms with Crippen molar-refractivity contribution in [3.63, 3.8) is 0 Å². The summed E-state index contributed by atoms with van der Waals surface area (Å²) >= 11 is 0. The van der Waals surface area contributed by atoms with Gasteiger partial charge in [0.1, 0.15) is 0 Å². The van der Waals surface area contributed by atoms with Crippen molar-refractivity contribution < 1.29 is 19.2 Å². The van der Waals surface area contributed by atoms with Crippen LogP contribution in [-0.2, 0) is 11.3 Å². The van der Waals surface area contributed by atoms with Crippen molar-refractivity contribution in [2.45, 2.75) is 13.5 Å². The Labute approximate surface area is 126 Å². The Morgan fingerprint density at radius 2 is 2.18 bits per heavy atom. The first-order valence-corrected chi connectivity index (χ1v) is 6.61. The molecule has 0 spiro atoms. The Morgan fingerprint density at radius 1 is 1.41 bits per heavy atom. The number of aromatic nitrogens is 1. The van der Waals surface area contributed by atoms with Gasteiger partial charge in [-0.05, 0) is 31.2 Å². The topological polar surface area (TPSA) is 91.4 Å². The normalized spacial score (nSPS) is 10.2. The Hall–Kier alpha value is -2.96. The van der Waals surface area contributed by atoms with Crippen molar-refractivity contribution in [3.8, 4) is 0 Å². The average molecular weight is 302 g/mol. The van der Waals surface area contributed by atoms with Gasteiger partial charge < -0.3 is 9.30 Å². The third kappa shape index (κ3) is 3.20. The molecule has 0 saturated carbocycles. The van der Waals surface area contributed by atoms with Gasteiger partial charge in [0.15, 0.2) is 6.29 Å². The lowest BCUT2D eigenvalue weighted by Crippen LogP contribution is -2.09. The van der Waals surface area contributed by atoms with Crippen LogP contribution in [0.1, 0.15) is 33.3 Å². The molecule has 7 heteroatoms. The summed E-state index contributed by atoms with van der Waals surface area (Å²) in [5.74, 6) is -0.540. The van der Waals surface area contributed by atoms with E-state index in [1.807, 2.05) is 0 Å². The van der Waals surface area contributed by atoms with Gasteiger partial charge in [0.05, 0.1) is 34.9 Å². The van der Waals surface area contributed by atoms with Crippen LogP contribution in [0.15, 0.2) is 36.5 Å². The molecule has 0 N–H and O–H groups in total. The van der Waals surface area contributed by atoms with Gasteiger partial charge in [-0.2, -0.15) is 0 Å². The fourth-order valence-corrected chi connectivity index (χ4v) is 2.09. The minimum Gasteiger partial charge on any atom is -0.462 e. The molecule has 0 radical (unpaired) electrons. The predicted molar refractivity (Wildman–Crippen MR) is 78.0 cm³/mol. The maximum atomic E-state index is 11.7. The van der Waals surface area contributed by atoms with Gasteiger partial charge in [-0.1, -0.05) is 0 Å². The zero-order chi connectivity index (χ0) is 16.1. The first-order chi connectivity index (χ1) is 10.6. The van der Waals surface area contributed by atoms with E-state index in [4.69, 9.17) is 4.74 Å². The van der Waals surface area contributed by atoms with Crippen LogP contribution in [0.5, 0.6) is 0 Å². The fourth-order valence-electron chi connectivity index (χ4n) is 2.09. The molecule has 0 saturated heterocycles. The summed E-state index contributed by atoms with van der Waals surface area (Å²) in [5.41, 5.74) is 0.853. The van der Waals surface area contributed by atoms with E-state index in [0.29, 0.717) is 17.5 Å². The van der Waals surface area contributed by atoms with Gasteiger partial charge in [0.25, 0.3) is 5.69 Å². The zero-order valence-corrected chi connectivity index (χ0v) is 11.9. The molecule has 1 heterocycles. The van der Waals surface area contributed by atoms with E-state index >= 15 is 0 Å². The molecule has 0 fully saturated rings. The number of nitrogens with zero attached hydrogens (tertiary/aromatic N) is 2. The monoisotopic (exact) mass is 302 g/mol. The molecule has 0 amide bonds. The lowest BCUT2D eigenvalue weighted by atomic mass is 10.1. The van der Waals surface area contributed by atoms with Crippen LogP contribution in [0.2, 0.25) is 0 Å². The molecule has 22 heavy (non-hydrogen) atoms. The standard InChI is InChI=1S/C15H14N2O5/c1-2-22-15(19)11-5-6-14(17(20)21)12(8-11)9-16-7-3-4-13(16)10-18/h3-8,10H,2,9H2,1H3. The molecule has 7 nitrogen and oxygen atoms in total. The number of nitro benzene ring substituents is 1. The summed E-state index contributed by atoms with van der Waals surface area (Å²) in [6.07, 6.45) is 2.31. The molecule has 2 rings (SSSR count). The first kappa shape index (κ1) is 15.4.